The van der Waals surface area contributed by atoms with Gasteiger partial charge in [0, 0.05) is 39.3 Å². The Morgan fingerprint density at radius 3 is 2.16 bits per heavy atom. The molecule has 0 atom stereocenters. The summed E-state index contributed by atoms with van der Waals surface area (Å²) in [4.78, 5) is 17.4. The van der Waals surface area contributed by atoms with Gasteiger partial charge < -0.3 is 24.4 Å². The van der Waals surface area contributed by atoms with Crippen LogP contribution < -0.4 is 19.5 Å². The Kier molecular flexibility index (Phi) is 8.14. The third-order valence-corrected chi connectivity index (χ3v) is 5.57. The van der Waals surface area contributed by atoms with E-state index in [1.54, 1.807) is 33.5 Å². The molecule has 1 fully saturated rings. The molecular weight excluding hydrogens is 394 g/mol. The van der Waals surface area contributed by atoms with Crippen LogP contribution in [0.15, 0.2) is 36.4 Å². The summed E-state index contributed by atoms with van der Waals surface area (Å²) >= 11 is 0. The topological polar surface area (TPSA) is 63.3 Å². The van der Waals surface area contributed by atoms with E-state index < -0.39 is 0 Å². The van der Waals surface area contributed by atoms with Gasteiger partial charge in [-0.15, -0.1) is 0 Å². The summed E-state index contributed by atoms with van der Waals surface area (Å²) in [5.41, 5.74) is 3.18. The first-order valence-corrected chi connectivity index (χ1v) is 10.6. The molecule has 7 nitrogen and oxygen atoms in total. The van der Waals surface area contributed by atoms with Crippen LogP contribution in [0.2, 0.25) is 0 Å². The van der Waals surface area contributed by atoms with Crippen LogP contribution >= 0.6 is 0 Å². The molecule has 0 bridgehead atoms. The lowest BCUT2D eigenvalue weighted by molar-refractivity contribution is -0.120. The minimum absolute atomic E-state index is 0.0567. The fraction of sp³-hybridized carbons (Fsp3) is 0.458. The molecule has 1 heterocycles. The van der Waals surface area contributed by atoms with Crippen molar-refractivity contribution in [1.29, 1.82) is 0 Å². The van der Waals surface area contributed by atoms with Gasteiger partial charge in [0.1, 0.15) is 0 Å². The number of nitrogens with one attached hydrogen (secondary N) is 1. The summed E-state index contributed by atoms with van der Waals surface area (Å²) in [5.74, 6) is 1.55. The Balaban J connectivity index is 1.56. The molecule has 0 saturated carbocycles. The van der Waals surface area contributed by atoms with Crippen molar-refractivity contribution in [3.63, 3.8) is 0 Å². The molecule has 0 spiro atoms. The number of methoxy groups -OCH3 is 3. The zero-order valence-electron chi connectivity index (χ0n) is 18.9. The Labute approximate surface area is 184 Å². The first-order valence-electron chi connectivity index (χ1n) is 10.6. The van der Waals surface area contributed by atoms with E-state index >= 15 is 0 Å². The van der Waals surface area contributed by atoms with Crippen molar-refractivity contribution in [2.75, 3.05) is 54.6 Å². The Morgan fingerprint density at radius 2 is 1.55 bits per heavy atom. The van der Waals surface area contributed by atoms with E-state index in [9.17, 15) is 4.79 Å². The second kappa shape index (κ2) is 11.0. The summed E-state index contributed by atoms with van der Waals surface area (Å²) in [6.45, 7) is 5.84. The molecule has 7 heteroatoms. The number of piperazine rings is 1. The van der Waals surface area contributed by atoms with E-state index in [-0.39, 0.29) is 12.3 Å². The maximum Gasteiger partial charge on any atom is 0.224 e. The highest BCUT2D eigenvalue weighted by molar-refractivity contribution is 5.79. The van der Waals surface area contributed by atoms with Gasteiger partial charge in [-0.1, -0.05) is 24.3 Å². The lowest BCUT2D eigenvalue weighted by Gasteiger charge is -2.32. The number of hydrogen-bond acceptors (Lipinski definition) is 6. The van der Waals surface area contributed by atoms with Crippen LogP contribution in [0.4, 0.5) is 0 Å². The zero-order chi connectivity index (χ0) is 22.2. The fourth-order valence-corrected chi connectivity index (χ4v) is 3.79. The third-order valence-electron chi connectivity index (χ3n) is 5.57. The first kappa shape index (κ1) is 22.9. The first-order chi connectivity index (χ1) is 15.0. The van der Waals surface area contributed by atoms with Crippen LogP contribution in [0.3, 0.4) is 0 Å². The van der Waals surface area contributed by atoms with Crippen molar-refractivity contribution in [2.45, 2.75) is 19.5 Å². The Bertz CT molecular complexity index is 854. The van der Waals surface area contributed by atoms with E-state index in [1.807, 2.05) is 6.07 Å². The SMILES string of the molecule is COc1cc(CC(=O)NCc2cccc(CN3CCN(C)CC3)c2)cc(OC)c1OC. The van der Waals surface area contributed by atoms with Gasteiger partial charge in [0.15, 0.2) is 11.5 Å². The van der Waals surface area contributed by atoms with Crippen LogP contribution in [-0.2, 0) is 24.3 Å². The summed E-state index contributed by atoms with van der Waals surface area (Å²) in [6, 6.07) is 12.0. The van der Waals surface area contributed by atoms with Gasteiger partial charge in [-0.3, -0.25) is 9.69 Å². The molecule has 1 N–H and O–H groups in total. The van der Waals surface area contributed by atoms with Crippen LogP contribution in [0.25, 0.3) is 0 Å². The minimum Gasteiger partial charge on any atom is -0.493 e. The third kappa shape index (κ3) is 6.35. The van der Waals surface area contributed by atoms with Crippen molar-refractivity contribution in [3.8, 4) is 17.2 Å². The zero-order valence-corrected chi connectivity index (χ0v) is 18.9. The van der Waals surface area contributed by atoms with Crippen molar-refractivity contribution >= 4 is 5.91 Å². The molecule has 168 valence electrons. The smallest absolute Gasteiger partial charge is 0.224 e. The molecule has 0 aromatic heterocycles. The molecule has 1 aliphatic heterocycles. The van der Waals surface area contributed by atoms with Crippen molar-refractivity contribution in [3.05, 3.63) is 53.1 Å². The van der Waals surface area contributed by atoms with Crippen molar-refractivity contribution in [1.82, 2.24) is 15.1 Å². The van der Waals surface area contributed by atoms with Gasteiger partial charge in [0.05, 0.1) is 27.8 Å². The number of carbonyl (C=O) groups is 1. The predicted octanol–water partition coefficient (Wildman–Crippen LogP) is 2.32. The van der Waals surface area contributed by atoms with Crippen LogP contribution in [-0.4, -0.2) is 70.3 Å². The number of amides is 1. The van der Waals surface area contributed by atoms with Gasteiger partial charge >= 0.3 is 0 Å². The van der Waals surface area contributed by atoms with E-state index in [2.05, 4.69) is 40.4 Å². The monoisotopic (exact) mass is 427 g/mol. The predicted molar refractivity (Wildman–Crippen MR) is 121 cm³/mol. The van der Waals surface area contributed by atoms with Crippen LogP contribution in [0, 0.1) is 0 Å². The second-order valence-corrected chi connectivity index (χ2v) is 7.89. The quantitative estimate of drug-likeness (QED) is 0.663. The maximum atomic E-state index is 12.5. The lowest BCUT2D eigenvalue weighted by atomic mass is 10.1. The summed E-state index contributed by atoms with van der Waals surface area (Å²) < 4.78 is 16.1. The lowest BCUT2D eigenvalue weighted by Crippen LogP contribution is -2.43. The highest BCUT2D eigenvalue weighted by Crippen LogP contribution is 2.38. The molecule has 0 radical (unpaired) electrons. The van der Waals surface area contributed by atoms with E-state index in [0.29, 0.717) is 23.8 Å². The Morgan fingerprint density at radius 1 is 0.903 bits per heavy atom. The van der Waals surface area contributed by atoms with Gasteiger partial charge in [-0.05, 0) is 35.9 Å². The number of ether oxygens (including phenoxy) is 3. The van der Waals surface area contributed by atoms with E-state index in [4.69, 9.17) is 14.2 Å². The van der Waals surface area contributed by atoms with Crippen molar-refractivity contribution in [2.24, 2.45) is 0 Å². The number of carbonyl (C=O) groups excluding carboxylic acids is 1. The molecular formula is C24H33N3O4. The van der Waals surface area contributed by atoms with Gasteiger partial charge in [-0.2, -0.15) is 0 Å². The molecule has 1 saturated heterocycles. The summed E-state index contributed by atoms with van der Waals surface area (Å²) in [5, 5.41) is 3.02. The van der Waals surface area contributed by atoms with Gasteiger partial charge in [-0.25, -0.2) is 0 Å². The second-order valence-electron chi connectivity index (χ2n) is 7.89. The summed E-state index contributed by atoms with van der Waals surface area (Å²) in [6.07, 6.45) is 0.234. The number of likely N-dealkylation sites (N-methyl/N-ethyl adjacent to an activating group) is 1. The average Bonchev–Trinajstić information content (AvgIpc) is 2.78. The normalized spacial score (nSPS) is 14.8. The molecule has 0 unspecified atom stereocenters. The molecule has 1 aliphatic rings. The maximum absolute atomic E-state index is 12.5. The van der Waals surface area contributed by atoms with Crippen LogP contribution in [0.5, 0.6) is 17.2 Å². The van der Waals surface area contributed by atoms with E-state index in [0.717, 1.165) is 43.9 Å². The summed E-state index contributed by atoms with van der Waals surface area (Å²) in [7, 11) is 6.86. The molecule has 3 rings (SSSR count). The van der Waals surface area contributed by atoms with Crippen molar-refractivity contribution < 1.29 is 19.0 Å². The molecule has 2 aromatic carbocycles. The van der Waals surface area contributed by atoms with Crippen LogP contribution in [0.1, 0.15) is 16.7 Å². The number of rotatable bonds is 9. The average molecular weight is 428 g/mol. The van der Waals surface area contributed by atoms with E-state index in [1.165, 1.54) is 5.56 Å². The largest absolute Gasteiger partial charge is 0.493 e. The number of benzene rings is 2. The van der Waals surface area contributed by atoms with Gasteiger partial charge in [0.25, 0.3) is 0 Å². The minimum atomic E-state index is -0.0567. The molecule has 1 amide bonds. The fourth-order valence-electron chi connectivity index (χ4n) is 3.79. The number of nitrogens with zero attached hydrogens (tertiary/aromatic N) is 2. The number of hydrogen-bond donors (Lipinski definition) is 1. The highest BCUT2D eigenvalue weighted by Gasteiger charge is 2.16. The standard InChI is InChI=1S/C24H33N3O4/c1-26-8-10-27(11-9-26)17-19-7-5-6-18(12-19)16-25-23(28)15-20-13-21(29-2)24(31-4)22(14-20)30-3/h5-7,12-14H,8-11,15-17H2,1-4H3,(H,25,28). The molecule has 2 aromatic rings. The molecule has 0 aliphatic carbocycles. The highest BCUT2D eigenvalue weighted by atomic mass is 16.5. The van der Waals surface area contributed by atoms with Gasteiger partial charge in [0.2, 0.25) is 11.7 Å². The Hall–Kier alpha value is -2.77. The molecule has 31 heavy (non-hydrogen) atoms.